The highest BCUT2D eigenvalue weighted by molar-refractivity contribution is 5.97. The smallest absolute Gasteiger partial charge is 0.254 e. The number of nitrogens with one attached hydrogen (secondary N) is 1. The minimum absolute atomic E-state index is 0.0986. The van der Waals surface area contributed by atoms with Crippen molar-refractivity contribution in [3.63, 3.8) is 0 Å². The third-order valence-corrected chi connectivity index (χ3v) is 4.96. The molecule has 0 bridgehead atoms. The molecule has 0 atom stereocenters. The van der Waals surface area contributed by atoms with Crippen molar-refractivity contribution in [3.8, 4) is 0 Å². The van der Waals surface area contributed by atoms with Crippen molar-refractivity contribution < 1.29 is 9.59 Å². The summed E-state index contributed by atoms with van der Waals surface area (Å²) in [5.41, 5.74) is 1.49. The minimum Gasteiger partial charge on any atom is -0.336 e. The van der Waals surface area contributed by atoms with Crippen molar-refractivity contribution >= 4 is 17.5 Å². The number of amides is 2. The maximum absolute atomic E-state index is 12.8. The van der Waals surface area contributed by atoms with E-state index in [2.05, 4.69) is 12.2 Å². The highest BCUT2D eigenvalue weighted by Gasteiger charge is 2.29. The van der Waals surface area contributed by atoms with E-state index in [4.69, 9.17) is 0 Å². The SMILES string of the molecule is CCN(C(=O)c1ccc(NC(=O)C2CC2)cc1)C1CCCCC1. The monoisotopic (exact) mass is 314 g/mol. The number of carbonyl (C=O) groups is 2. The fourth-order valence-corrected chi connectivity index (χ4v) is 3.41. The first-order valence-corrected chi connectivity index (χ1v) is 8.91. The molecule has 2 aliphatic rings. The lowest BCUT2D eigenvalue weighted by Gasteiger charge is -2.33. The Morgan fingerprint density at radius 1 is 1.04 bits per heavy atom. The van der Waals surface area contributed by atoms with Gasteiger partial charge in [0.1, 0.15) is 0 Å². The molecule has 0 unspecified atom stereocenters. The van der Waals surface area contributed by atoms with Gasteiger partial charge in [0.15, 0.2) is 0 Å². The predicted octanol–water partition coefficient (Wildman–Crippen LogP) is 3.83. The van der Waals surface area contributed by atoms with Crippen LogP contribution in [0, 0.1) is 5.92 Å². The topological polar surface area (TPSA) is 49.4 Å². The average Bonchev–Trinajstić information content (AvgIpc) is 3.42. The summed E-state index contributed by atoms with van der Waals surface area (Å²) < 4.78 is 0. The normalized spacial score (nSPS) is 18.5. The fraction of sp³-hybridized carbons (Fsp3) is 0.579. The van der Waals surface area contributed by atoms with Crippen molar-refractivity contribution in [1.82, 2.24) is 4.90 Å². The number of hydrogen-bond donors (Lipinski definition) is 1. The Morgan fingerprint density at radius 2 is 1.70 bits per heavy atom. The van der Waals surface area contributed by atoms with Crippen LogP contribution in [0.4, 0.5) is 5.69 Å². The van der Waals surface area contributed by atoms with Crippen LogP contribution in [0.3, 0.4) is 0 Å². The van der Waals surface area contributed by atoms with E-state index in [1.807, 2.05) is 29.2 Å². The quantitative estimate of drug-likeness (QED) is 0.898. The Labute approximate surface area is 138 Å². The minimum atomic E-state index is 0.0986. The Bertz CT molecular complexity index is 557. The lowest BCUT2D eigenvalue weighted by atomic mass is 9.93. The van der Waals surface area contributed by atoms with Crippen LogP contribution in [-0.4, -0.2) is 29.3 Å². The molecule has 2 saturated carbocycles. The average molecular weight is 314 g/mol. The second-order valence-electron chi connectivity index (χ2n) is 6.72. The lowest BCUT2D eigenvalue weighted by Crippen LogP contribution is -2.41. The van der Waals surface area contributed by atoms with Gasteiger partial charge in [-0.3, -0.25) is 9.59 Å². The fourth-order valence-electron chi connectivity index (χ4n) is 3.41. The number of hydrogen-bond acceptors (Lipinski definition) is 2. The summed E-state index contributed by atoms with van der Waals surface area (Å²) in [7, 11) is 0. The Balaban J connectivity index is 1.64. The molecule has 0 radical (unpaired) electrons. The maximum atomic E-state index is 12.8. The van der Waals surface area contributed by atoms with Gasteiger partial charge in [0.25, 0.3) is 5.91 Å². The molecule has 124 valence electrons. The van der Waals surface area contributed by atoms with E-state index in [0.717, 1.165) is 37.9 Å². The summed E-state index contributed by atoms with van der Waals surface area (Å²) in [6.07, 6.45) is 7.97. The van der Waals surface area contributed by atoms with Crippen LogP contribution in [-0.2, 0) is 4.79 Å². The Morgan fingerprint density at radius 3 is 2.26 bits per heavy atom. The van der Waals surface area contributed by atoms with Crippen LogP contribution in [0.25, 0.3) is 0 Å². The molecule has 2 fully saturated rings. The molecule has 0 aromatic heterocycles. The van der Waals surface area contributed by atoms with Gasteiger partial charge in [-0.1, -0.05) is 19.3 Å². The summed E-state index contributed by atoms with van der Waals surface area (Å²) in [5.74, 6) is 0.402. The first-order valence-electron chi connectivity index (χ1n) is 8.91. The molecule has 3 rings (SSSR count). The van der Waals surface area contributed by atoms with E-state index < -0.39 is 0 Å². The highest BCUT2D eigenvalue weighted by Crippen LogP contribution is 2.30. The summed E-state index contributed by atoms with van der Waals surface area (Å²) in [6, 6.07) is 7.72. The number of anilines is 1. The number of nitrogens with zero attached hydrogens (tertiary/aromatic N) is 1. The molecule has 2 aliphatic carbocycles. The standard InChI is InChI=1S/C19H26N2O2/c1-2-21(17-6-4-3-5-7-17)19(23)15-10-12-16(13-11-15)20-18(22)14-8-9-14/h10-14,17H,2-9H2,1H3,(H,20,22). The summed E-state index contributed by atoms with van der Waals surface area (Å²) >= 11 is 0. The Kier molecular flexibility index (Phi) is 4.99. The molecule has 4 nitrogen and oxygen atoms in total. The van der Waals surface area contributed by atoms with E-state index in [-0.39, 0.29) is 17.7 Å². The number of carbonyl (C=O) groups excluding carboxylic acids is 2. The van der Waals surface area contributed by atoms with Gasteiger partial charge in [0.2, 0.25) is 5.91 Å². The third-order valence-electron chi connectivity index (χ3n) is 4.96. The molecule has 1 N–H and O–H groups in total. The van der Waals surface area contributed by atoms with Crippen molar-refractivity contribution in [1.29, 1.82) is 0 Å². The first-order chi connectivity index (χ1) is 11.2. The van der Waals surface area contributed by atoms with Gasteiger partial charge < -0.3 is 10.2 Å². The summed E-state index contributed by atoms with van der Waals surface area (Å²) in [4.78, 5) is 26.5. The molecule has 23 heavy (non-hydrogen) atoms. The zero-order valence-electron chi connectivity index (χ0n) is 13.9. The number of rotatable bonds is 5. The van der Waals surface area contributed by atoms with Crippen molar-refractivity contribution in [2.24, 2.45) is 5.92 Å². The third kappa shape index (κ3) is 3.92. The van der Waals surface area contributed by atoms with E-state index in [1.165, 1.54) is 19.3 Å². The van der Waals surface area contributed by atoms with Crippen LogP contribution in [0.15, 0.2) is 24.3 Å². The van der Waals surface area contributed by atoms with E-state index in [1.54, 1.807) is 0 Å². The zero-order chi connectivity index (χ0) is 16.2. The van der Waals surface area contributed by atoms with Gasteiger partial charge in [-0.2, -0.15) is 0 Å². The van der Waals surface area contributed by atoms with Gasteiger partial charge in [0.05, 0.1) is 0 Å². The van der Waals surface area contributed by atoms with Crippen LogP contribution >= 0.6 is 0 Å². The van der Waals surface area contributed by atoms with Crippen LogP contribution < -0.4 is 5.32 Å². The predicted molar refractivity (Wildman–Crippen MR) is 91.4 cm³/mol. The second-order valence-corrected chi connectivity index (χ2v) is 6.72. The second kappa shape index (κ2) is 7.16. The van der Waals surface area contributed by atoms with Gasteiger partial charge in [0, 0.05) is 29.8 Å². The van der Waals surface area contributed by atoms with E-state index >= 15 is 0 Å². The molecule has 1 aromatic carbocycles. The molecule has 1 aromatic rings. The van der Waals surface area contributed by atoms with Gasteiger partial charge >= 0.3 is 0 Å². The molecular weight excluding hydrogens is 288 g/mol. The largest absolute Gasteiger partial charge is 0.336 e. The van der Waals surface area contributed by atoms with Gasteiger partial charge in [-0.05, 0) is 56.9 Å². The van der Waals surface area contributed by atoms with Crippen LogP contribution in [0.5, 0.6) is 0 Å². The summed E-state index contributed by atoms with van der Waals surface area (Å²) in [5, 5.41) is 2.91. The van der Waals surface area contributed by atoms with Crippen molar-refractivity contribution in [2.45, 2.75) is 57.9 Å². The van der Waals surface area contributed by atoms with Gasteiger partial charge in [-0.15, -0.1) is 0 Å². The first kappa shape index (κ1) is 16.0. The molecule has 0 spiro atoms. The van der Waals surface area contributed by atoms with E-state index in [9.17, 15) is 9.59 Å². The lowest BCUT2D eigenvalue weighted by molar-refractivity contribution is -0.117. The van der Waals surface area contributed by atoms with E-state index in [0.29, 0.717) is 11.6 Å². The van der Waals surface area contributed by atoms with Crippen molar-refractivity contribution in [3.05, 3.63) is 29.8 Å². The number of benzene rings is 1. The van der Waals surface area contributed by atoms with Crippen LogP contribution in [0.1, 0.15) is 62.2 Å². The van der Waals surface area contributed by atoms with Crippen molar-refractivity contribution in [2.75, 3.05) is 11.9 Å². The molecule has 0 heterocycles. The highest BCUT2D eigenvalue weighted by atomic mass is 16.2. The summed E-state index contributed by atoms with van der Waals surface area (Å²) in [6.45, 7) is 2.81. The zero-order valence-corrected chi connectivity index (χ0v) is 13.9. The van der Waals surface area contributed by atoms with Crippen LogP contribution in [0.2, 0.25) is 0 Å². The van der Waals surface area contributed by atoms with Gasteiger partial charge in [-0.25, -0.2) is 0 Å². The maximum Gasteiger partial charge on any atom is 0.254 e. The molecular formula is C19H26N2O2. The molecule has 2 amide bonds. The molecule has 4 heteroatoms. The molecule has 0 saturated heterocycles. The Hall–Kier alpha value is -1.84. The molecule has 0 aliphatic heterocycles.